The van der Waals surface area contributed by atoms with E-state index in [-0.39, 0.29) is 33.8 Å². The number of nitrogen functional groups attached to an aromatic ring is 1. The van der Waals surface area contributed by atoms with Gasteiger partial charge in [0.2, 0.25) is 0 Å². The van der Waals surface area contributed by atoms with E-state index in [0.717, 1.165) is 6.20 Å². The molecule has 0 spiro atoms. The lowest BCUT2D eigenvalue weighted by Crippen LogP contribution is -2.15. The lowest BCUT2D eigenvalue weighted by Gasteiger charge is -2.11. The first-order valence-electron chi connectivity index (χ1n) is 8.63. The van der Waals surface area contributed by atoms with Crippen molar-refractivity contribution in [1.29, 1.82) is 5.41 Å². The molecule has 1 heterocycles. The van der Waals surface area contributed by atoms with Gasteiger partial charge in [-0.15, -0.1) is 0 Å². The number of rotatable bonds is 6. The van der Waals surface area contributed by atoms with Crippen LogP contribution in [0, 0.1) is 30.9 Å². The third kappa shape index (κ3) is 4.39. The number of hydrogen-bond acceptors (Lipinski definition) is 4. The summed E-state index contributed by atoms with van der Waals surface area (Å²) in [6, 6.07) is 2.66. The molecule has 148 valence electrons. The van der Waals surface area contributed by atoms with Crippen molar-refractivity contribution in [2.75, 3.05) is 11.1 Å². The highest BCUT2D eigenvalue weighted by atomic mass is 19.1. The number of anilines is 2. The van der Waals surface area contributed by atoms with Gasteiger partial charge in [0, 0.05) is 22.4 Å². The van der Waals surface area contributed by atoms with Crippen molar-refractivity contribution < 1.29 is 18.0 Å². The van der Waals surface area contributed by atoms with Crippen LogP contribution in [0.1, 0.15) is 42.1 Å². The van der Waals surface area contributed by atoms with Crippen LogP contribution in [0.15, 0.2) is 24.2 Å². The largest absolute Gasteiger partial charge is 0.396 e. The average molecular weight is 390 g/mol. The quantitative estimate of drug-likeness (QED) is 0.380. The third-order valence-corrected chi connectivity index (χ3v) is 4.24. The molecule has 0 unspecified atom stereocenters. The Kier molecular flexibility index (Phi) is 6.56. The van der Waals surface area contributed by atoms with Gasteiger partial charge in [-0.2, -0.15) is 0 Å². The molecule has 0 radical (unpaired) electrons. The normalized spacial score (nSPS) is 11.4. The fourth-order valence-corrected chi connectivity index (χ4v) is 2.63. The topological polar surface area (TPSA) is 91.9 Å². The Hall–Kier alpha value is -3.16. The molecule has 0 fully saturated rings. The van der Waals surface area contributed by atoms with Crippen LogP contribution in [0.4, 0.5) is 24.5 Å². The Morgan fingerprint density at radius 1 is 1.32 bits per heavy atom. The molecule has 5 nitrogen and oxygen atoms in total. The monoisotopic (exact) mass is 390 g/mol. The Morgan fingerprint density at radius 3 is 2.64 bits per heavy atom. The Labute approximate surface area is 161 Å². The molecule has 0 bridgehead atoms. The summed E-state index contributed by atoms with van der Waals surface area (Å²) in [7, 11) is 0. The van der Waals surface area contributed by atoms with E-state index < -0.39 is 23.4 Å². The molecule has 0 aliphatic rings. The summed E-state index contributed by atoms with van der Waals surface area (Å²) in [5, 5.41) is 10.1. The number of carbonyl (C=O) groups excluding carboxylic acids is 1. The van der Waals surface area contributed by atoms with Crippen molar-refractivity contribution in [3.05, 3.63) is 58.2 Å². The summed E-state index contributed by atoms with van der Waals surface area (Å²) in [5.41, 5.74) is 6.11. The molecular weight excluding hydrogens is 369 g/mol. The molecule has 0 saturated heterocycles. The Morgan fingerprint density at radius 2 is 2.00 bits per heavy atom. The van der Waals surface area contributed by atoms with Gasteiger partial charge in [-0.1, -0.05) is 25.5 Å². The Bertz CT molecular complexity index is 970. The van der Waals surface area contributed by atoms with E-state index in [1.807, 2.05) is 6.92 Å². The van der Waals surface area contributed by atoms with Crippen molar-refractivity contribution in [1.82, 2.24) is 4.98 Å². The van der Waals surface area contributed by atoms with E-state index in [1.54, 1.807) is 0 Å². The maximum absolute atomic E-state index is 14.5. The van der Waals surface area contributed by atoms with Gasteiger partial charge in [0.05, 0.1) is 23.3 Å². The predicted octanol–water partition coefficient (Wildman–Crippen LogP) is 4.68. The molecule has 1 amide bonds. The summed E-state index contributed by atoms with van der Waals surface area (Å²) in [6.45, 7) is 4.84. The minimum absolute atomic E-state index is 0.0527. The van der Waals surface area contributed by atoms with Gasteiger partial charge < -0.3 is 16.5 Å². The van der Waals surface area contributed by atoms with E-state index in [9.17, 15) is 18.0 Å². The number of aromatic nitrogens is 1. The highest BCUT2D eigenvalue weighted by molar-refractivity contribution is 6.06. The number of nitrogens with two attached hydrogens (primary N) is 1. The molecular formula is C20H21F3N4O. The number of nitrogens with zero attached hydrogens (tertiary/aromatic N) is 1. The van der Waals surface area contributed by atoms with Crippen LogP contribution in [0.5, 0.6) is 0 Å². The van der Waals surface area contributed by atoms with Crippen molar-refractivity contribution in [2.24, 2.45) is 0 Å². The molecule has 2 rings (SSSR count). The van der Waals surface area contributed by atoms with Crippen molar-refractivity contribution in [3.8, 4) is 0 Å². The van der Waals surface area contributed by atoms with Crippen LogP contribution in [0.2, 0.25) is 0 Å². The molecule has 0 aliphatic heterocycles. The molecule has 1 aromatic carbocycles. The number of benzene rings is 1. The minimum atomic E-state index is -1.28. The van der Waals surface area contributed by atoms with Crippen LogP contribution in [0.3, 0.4) is 0 Å². The van der Waals surface area contributed by atoms with E-state index >= 15 is 0 Å². The second kappa shape index (κ2) is 8.69. The molecule has 8 heteroatoms. The summed E-state index contributed by atoms with van der Waals surface area (Å²) < 4.78 is 42.4. The van der Waals surface area contributed by atoms with Crippen molar-refractivity contribution in [3.63, 3.8) is 0 Å². The summed E-state index contributed by atoms with van der Waals surface area (Å²) in [4.78, 5) is 15.9. The van der Waals surface area contributed by atoms with Gasteiger partial charge >= 0.3 is 0 Å². The first-order chi connectivity index (χ1) is 13.2. The number of carbonyl (C=O) groups is 1. The van der Waals surface area contributed by atoms with Gasteiger partial charge in [0.1, 0.15) is 5.82 Å². The van der Waals surface area contributed by atoms with E-state index in [1.165, 1.54) is 26.0 Å². The van der Waals surface area contributed by atoms with Gasteiger partial charge in [-0.3, -0.25) is 9.78 Å². The zero-order valence-electron chi connectivity index (χ0n) is 15.8. The second-order valence-electron chi connectivity index (χ2n) is 6.30. The first-order valence-corrected chi connectivity index (χ1v) is 8.63. The van der Waals surface area contributed by atoms with Crippen LogP contribution >= 0.6 is 0 Å². The maximum atomic E-state index is 14.5. The van der Waals surface area contributed by atoms with E-state index in [0.29, 0.717) is 24.6 Å². The van der Waals surface area contributed by atoms with Crippen molar-refractivity contribution in [2.45, 2.75) is 33.6 Å². The van der Waals surface area contributed by atoms with Crippen molar-refractivity contribution >= 4 is 29.1 Å². The summed E-state index contributed by atoms with van der Waals surface area (Å²) >= 11 is 0. The molecule has 0 atom stereocenters. The first kappa shape index (κ1) is 21.1. The second-order valence-corrected chi connectivity index (χ2v) is 6.30. The van der Waals surface area contributed by atoms with Crippen LogP contribution in [-0.2, 0) is 4.79 Å². The van der Waals surface area contributed by atoms with Gasteiger partial charge in [-0.05, 0) is 26.3 Å². The minimum Gasteiger partial charge on any atom is -0.396 e. The van der Waals surface area contributed by atoms with E-state index in [4.69, 9.17) is 11.1 Å². The zero-order valence-corrected chi connectivity index (χ0v) is 15.8. The number of amides is 1. The highest BCUT2D eigenvalue weighted by Gasteiger charge is 2.17. The number of hydrogen-bond donors (Lipinski definition) is 3. The maximum Gasteiger partial charge on any atom is 0.284 e. The molecule has 0 saturated carbocycles. The predicted molar refractivity (Wildman–Crippen MR) is 104 cm³/mol. The number of halogens is 3. The van der Waals surface area contributed by atoms with Gasteiger partial charge in [0.15, 0.2) is 11.6 Å². The number of nitrogens with one attached hydrogen (secondary N) is 2. The van der Waals surface area contributed by atoms with Crippen LogP contribution in [0.25, 0.3) is 6.08 Å². The van der Waals surface area contributed by atoms with Gasteiger partial charge in [0.25, 0.3) is 5.91 Å². The highest BCUT2D eigenvalue weighted by Crippen LogP contribution is 2.25. The fourth-order valence-electron chi connectivity index (χ4n) is 2.63. The van der Waals surface area contributed by atoms with Gasteiger partial charge in [-0.25, -0.2) is 13.2 Å². The van der Waals surface area contributed by atoms with Crippen LogP contribution in [-0.4, -0.2) is 16.6 Å². The van der Waals surface area contributed by atoms with E-state index in [2.05, 4.69) is 10.3 Å². The molecule has 1 aromatic heterocycles. The summed E-state index contributed by atoms with van der Waals surface area (Å²) in [6.07, 6.45) is 2.83. The molecule has 28 heavy (non-hydrogen) atoms. The Balaban J connectivity index is 2.31. The lowest BCUT2D eigenvalue weighted by molar-refractivity contribution is -0.114. The number of pyridine rings is 1. The molecule has 2 aromatic rings. The van der Waals surface area contributed by atoms with Crippen LogP contribution < -0.4 is 11.1 Å². The lowest BCUT2D eigenvalue weighted by atomic mass is 10.0. The third-order valence-electron chi connectivity index (χ3n) is 4.24. The summed E-state index contributed by atoms with van der Waals surface area (Å²) in [5.74, 6) is -4.01. The average Bonchev–Trinajstić information content (AvgIpc) is 2.65. The molecule has 4 N–H and O–H groups in total. The zero-order chi connectivity index (χ0) is 21.0. The smallest absolute Gasteiger partial charge is 0.284 e. The SMILES string of the molecule is CCCC(=N)c1ccc(/C=C(\F)C(=O)Nc2c(C)ncc(F)c2C)c(F)c1N. The number of aryl methyl sites for hydroxylation is 1. The standard InChI is InChI=1S/C20H21F3N4O/c1-4-5-16(24)13-7-6-12(17(23)18(13)25)8-14(21)20(28)27-19-10(2)15(22)9-26-11(19)3/h6-9,24H,4-5,25H2,1-3H3,(H,27,28)/b14-8-,24-16?. The molecule has 0 aliphatic carbocycles. The fraction of sp³-hybridized carbons (Fsp3) is 0.250.